The Bertz CT molecular complexity index is 354. The number of benzene rings is 1. The zero-order valence-corrected chi connectivity index (χ0v) is 9.69. The minimum Gasteiger partial charge on any atom is -0.391 e. The van der Waals surface area contributed by atoms with E-state index in [1.807, 2.05) is 13.1 Å². The highest BCUT2D eigenvalue weighted by atomic mass is 19.1. The van der Waals surface area contributed by atoms with E-state index in [9.17, 15) is 4.39 Å². The van der Waals surface area contributed by atoms with Crippen LogP contribution in [0.1, 0.15) is 5.56 Å². The normalized spacial score (nSPS) is 14.4. The van der Waals surface area contributed by atoms with E-state index in [1.54, 1.807) is 18.2 Å². The molecule has 0 aliphatic carbocycles. The van der Waals surface area contributed by atoms with Gasteiger partial charge in [0.05, 0.1) is 20.2 Å². The molecule has 1 aromatic carbocycles. The fourth-order valence-corrected chi connectivity index (χ4v) is 1.83. The van der Waals surface area contributed by atoms with Gasteiger partial charge in [-0.25, -0.2) is 4.39 Å². The molecule has 0 spiro atoms. The van der Waals surface area contributed by atoms with Crippen LogP contribution in [-0.2, 0) is 6.54 Å². The molecule has 0 fully saturated rings. The number of likely N-dealkylation sites (N-methyl/N-ethyl adjacent to an activating group) is 1. The number of aliphatic hydroxyl groups is 1. The van der Waals surface area contributed by atoms with Crippen LogP contribution in [0.3, 0.4) is 0 Å². The number of halogens is 1. The second-order valence-electron chi connectivity index (χ2n) is 4.29. The van der Waals surface area contributed by atoms with Crippen LogP contribution in [0.5, 0.6) is 0 Å². The standard InChI is InChI=1S/C13H19FNO/c1-3-8-15(2,9-10-16)11-12-6-4-5-7-13(12)14/h3-7,16H,1,8-11H2,2H3/q+1/t15-/m0/s1. The average molecular weight is 224 g/mol. The van der Waals surface area contributed by atoms with Gasteiger partial charge in [0, 0.05) is 5.56 Å². The van der Waals surface area contributed by atoms with E-state index in [1.165, 1.54) is 6.07 Å². The maximum absolute atomic E-state index is 13.5. The van der Waals surface area contributed by atoms with Crippen molar-refractivity contribution in [2.24, 2.45) is 0 Å². The van der Waals surface area contributed by atoms with Crippen molar-refractivity contribution in [3.8, 4) is 0 Å². The third-order valence-corrected chi connectivity index (χ3v) is 2.72. The third-order valence-electron chi connectivity index (χ3n) is 2.72. The second-order valence-corrected chi connectivity index (χ2v) is 4.29. The topological polar surface area (TPSA) is 20.2 Å². The first-order chi connectivity index (χ1) is 7.61. The molecule has 1 N–H and O–H groups in total. The summed E-state index contributed by atoms with van der Waals surface area (Å²) in [5.74, 6) is -0.186. The first-order valence-corrected chi connectivity index (χ1v) is 5.40. The van der Waals surface area contributed by atoms with Gasteiger partial charge in [0.15, 0.2) is 0 Å². The maximum Gasteiger partial charge on any atom is 0.132 e. The predicted molar refractivity (Wildman–Crippen MR) is 63.3 cm³/mol. The molecule has 0 amide bonds. The van der Waals surface area contributed by atoms with Crippen LogP contribution in [0.4, 0.5) is 4.39 Å². The lowest BCUT2D eigenvalue weighted by molar-refractivity contribution is -0.917. The molecule has 1 aromatic rings. The molecular formula is C13H19FNO+. The van der Waals surface area contributed by atoms with Gasteiger partial charge in [-0.3, -0.25) is 0 Å². The molecule has 0 aliphatic rings. The van der Waals surface area contributed by atoms with Crippen molar-refractivity contribution in [1.29, 1.82) is 0 Å². The maximum atomic E-state index is 13.5. The minimum absolute atomic E-state index is 0.0960. The molecule has 3 heteroatoms. The molecule has 0 heterocycles. The van der Waals surface area contributed by atoms with Crippen molar-refractivity contribution in [2.45, 2.75) is 6.54 Å². The smallest absolute Gasteiger partial charge is 0.132 e. The van der Waals surface area contributed by atoms with E-state index in [0.717, 1.165) is 6.54 Å². The van der Waals surface area contributed by atoms with E-state index in [2.05, 4.69) is 6.58 Å². The molecule has 0 unspecified atom stereocenters. The Balaban J connectivity index is 2.83. The molecular weight excluding hydrogens is 205 g/mol. The van der Waals surface area contributed by atoms with Crippen molar-refractivity contribution >= 4 is 0 Å². The number of aliphatic hydroxyl groups excluding tert-OH is 1. The summed E-state index contributed by atoms with van der Waals surface area (Å²) in [6, 6.07) is 6.76. The van der Waals surface area contributed by atoms with E-state index in [0.29, 0.717) is 23.1 Å². The summed E-state index contributed by atoms with van der Waals surface area (Å²) < 4.78 is 14.1. The summed E-state index contributed by atoms with van der Waals surface area (Å²) in [6.07, 6.45) is 1.80. The number of nitrogens with zero attached hydrogens (tertiary/aromatic N) is 1. The highest BCUT2D eigenvalue weighted by Crippen LogP contribution is 2.14. The molecule has 1 rings (SSSR count). The Morgan fingerprint density at radius 2 is 2.12 bits per heavy atom. The summed E-state index contributed by atoms with van der Waals surface area (Å²) >= 11 is 0. The summed E-state index contributed by atoms with van der Waals surface area (Å²) in [4.78, 5) is 0. The number of hydrogen-bond acceptors (Lipinski definition) is 1. The van der Waals surface area contributed by atoms with Crippen LogP contribution < -0.4 is 0 Å². The zero-order valence-electron chi connectivity index (χ0n) is 9.69. The number of rotatable bonds is 6. The highest BCUT2D eigenvalue weighted by Gasteiger charge is 2.21. The lowest BCUT2D eigenvalue weighted by atomic mass is 10.1. The minimum atomic E-state index is -0.186. The molecule has 2 nitrogen and oxygen atoms in total. The summed E-state index contributed by atoms with van der Waals surface area (Å²) in [7, 11) is 1.99. The molecule has 0 saturated carbocycles. The molecule has 0 bridgehead atoms. The van der Waals surface area contributed by atoms with Crippen LogP contribution in [0, 0.1) is 5.82 Å². The first-order valence-electron chi connectivity index (χ1n) is 5.40. The van der Waals surface area contributed by atoms with E-state index >= 15 is 0 Å². The van der Waals surface area contributed by atoms with E-state index in [-0.39, 0.29) is 12.4 Å². The van der Waals surface area contributed by atoms with Gasteiger partial charge in [-0.2, -0.15) is 0 Å². The summed E-state index contributed by atoms with van der Waals surface area (Å²) in [6.45, 7) is 5.68. The molecule has 0 aromatic heterocycles. The van der Waals surface area contributed by atoms with Crippen LogP contribution >= 0.6 is 0 Å². The molecule has 88 valence electrons. The van der Waals surface area contributed by atoms with E-state index < -0.39 is 0 Å². The third kappa shape index (κ3) is 3.43. The first kappa shape index (κ1) is 12.9. The van der Waals surface area contributed by atoms with Crippen molar-refractivity contribution in [3.05, 3.63) is 48.3 Å². The van der Waals surface area contributed by atoms with Gasteiger partial charge in [-0.1, -0.05) is 24.8 Å². The monoisotopic (exact) mass is 224 g/mol. The fourth-order valence-electron chi connectivity index (χ4n) is 1.83. The van der Waals surface area contributed by atoms with Crippen molar-refractivity contribution in [3.63, 3.8) is 0 Å². The molecule has 16 heavy (non-hydrogen) atoms. The van der Waals surface area contributed by atoms with Crippen LogP contribution in [0.25, 0.3) is 0 Å². The molecule has 0 saturated heterocycles. The van der Waals surface area contributed by atoms with Crippen molar-refractivity contribution in [2.75, 3.05) is 26.7 Å². The van der Waals surface area contributed by atoms with Gasteiger partial charge in [0.2, 0.25) is 0 Å². The summed E-state index contributed by atoms with van der Waals surface area (Å²) in [5.41, 5.74) is 0.681. The van der Waals surface area contributed by atoms with Gasteiger partial charge >= 0.3 is 0 Å². The Labute approximate surface area is 96.2 Å². The lowest BCUT2D eigenvalue weighted by Gasteiger charge is -2.33. The quantitative estimate of drug-likeness (QED) is 0.578. The molecule has 1 atom stereocenters. The second kappa shape index (κ2) is 5.77. The van der Waals surface area contributed by atoms with Gasteiger partial charge in [-0.05, 0) is 12.1 Å². The lowest BCUT2D eigenvalue weighted by Crippen LogP contribution is -2.45. The van der Waals surface area contributed by atoms with Gasteiger partial charge < -0.3 is 9.59 Å². The predicted octanol–water partition coefficient (Wildman–Crippen LogP) is 1.95. The Kier molecular flexibility index (Phi) is 4.65. The Morgan fingerprint density at radius 1 is 1.44 bits per heavy atom. The Morgan fingerprint density at radius 3 is 2.69 bits per heavy atom. The fraction of sp³-hybridized carbons (Fsp3) is 0.385. The Hall–Kier alpha value is -1.19. The largest absolute Gasteiger partial charge is 0.391 e. The number of quaternary nitrogens is 1. The molecule has 0 aliphatic heterocycles. The SMILES string of the molecule is C=CC[N@@+](C)(CCO)Cc1ccccc1F. The van der Waals surface area contributed by atoms with Gasteiger partial charge in [-0.15, -0.1) is 0 Å². The summed E-state index contributed by atoms with van der Waals surface area (Å²) in [5, 5.41) is 9.03. The molecule has 0 radical (unpaired) electrons. The van der Waals surface area contributed by atoms with Crippen molar-refractivity contribution in [1.82, 2.24) is 0 Å². The van der Waals surface area contributed by atoms with Crippen LogP contribution in [0.2, 0.25) is 0 Å². The van der Waals surface area contributed by atoms with Gasteiger partial charge in [0.25, 0.3) is 0 Å². The average Bonchev–Trinajstić information content (AvgIpc) is 2.22. The van der Waals surface area contributed by atoms with Crippen LogP contribution in [-0.4, -0.2) is 36.3 Å². The highest BCUT2D eigenvalue weighted by molar-refractivity contribution is 5.16. The van der Waals surface area contributed by atoms with Gasteiger partial charge in [0.1, 0.15) is 18.9 Å². The van der Waals surface area contributed by atoms with Crippen LogP contribution in [0.15, 0.2) is 36.9 Å². The zero-order chi connectivity index (χ0) is 12.0. The van der Waals surface area contributed by atoms with Crippen molar-refractivity contribution < 1.29 is 14.0 Å². The van der Waals surface area contributed by atoms with E-state index in [4.69, 9.17) is 5.11 Å². The number of hydrogen-bond donors (Lipinski definition) is 1.